The molecule has 1 aliphatic heterocycles. The number of piperidine rings is 1. The Morgan fingerprint density at radius 3 is 3.26 bits per heavy atom. The van der Waals surface area contributed by atoms with Crippen molar-refractivity contribution in [3.05, 3.63) is 34.1 Å². The number of rotatable bonds is 4. The number of aromatic nitrogens is 2. The van der Waals surface area contributed by atoms with E-state index in [2.05, 4.69) is 39.9 Å². The molecule has 1 saturated heterocycles. The van der Waals surface area contributed by atoms with Crippen LogP contribution in [-0.4, -0.2) is 16.7 Å². The Morgan fingerprint density at radius 2 is 2.47 bits per heavy atom. The van der Waals surface area contributed by atoms with Gasteiger partial charge in [0.05, 0.1) is 6.04 Å². The van der Waals surface area contributed by atoms with Gasteiger partial charge in [0.15, 0.2) is 5.82 Å². The molecular weight excluding hydrogens is 258 g/mol. The van der Waals surface area contributed by atoms with Crippen LogP contribution < -0.4 is 5.32 Å². The molecule has 102 valence electrons. The fourth-order valence-corrected chi connectivity index (χ4v) is 3.31. The van der Waals surface area contributed by atoms with Crippen LogP contribution in [0.2, 0.25) is 0 Å². The van der Waals surface area contributed by atoms with Crippen LogP contribution >= 0.6 is 11.3 Å². The molecule has 0 saturated carbocycles. The van der Waals surface area contributed by atoms with Gasteiger partial charge in [-0.1, -0.05) is 24.6 Å². The topological polar surface area (TPSA) is 51.0 Å². The van der Waals surface area contributed by atoms with Crippen molar-refractivity contribution in [2.24, 2.45) is 5.92 Å². The summed E-state index contributed by atoms with van der Waals surface area (Å²) in [6.45, 7) is 3.30. The lowest BCUT2D eigenvalue weighted by Crippen LogP contribution is -2.31. The molecule has 3 heterocycles. The van der Waals surface area contributed by atoms with Gasteiger partial charge in [-0.3, -0.25) is 0 Å². The first-order chi connectivity index (χ1) is 9.35. The zero-order valence-electron chi connectivity index (χ0n) is 11.1. The molecule has 2 aromatic rings. The fraction of sp³-hybridized carbons (Fsp3) is 0.571. The molecule has 0 spiro atoms. The van der Waals surface area contributed by atoms with Crippen molar-refractivity contribution in [1.29, 1.82) is 0 Å². The lowest BCUT2D eigenvalue weighted by Gasteiger charge is -2.27. The van der Waals surface area contributed by atoms with Gasteiger partial charge in [0.2, 0.25) is 5.89 Å². The SMILES string of the molecule is CCC1CCNC(c2nc(Cc3cccs3)no2)C1. The van der Waals surface area contributed by atoms with Crippen molar-refractivity contribution in [1.82, 2.24) is 15.5 Å². The first-order valence-corrected chi connectivity index (χ1v) is 7.81. The summed E-state index contributed by atoms with van der Waals surface area (Å²) < 4.78 is 5.43. The lowest BCUT2D eigenvalue weighted by atomic mass is 9.90. The van der Waals surface area contributed by atoms with E-state index in [-0.39, 0.29) is 6.04 Å². The van der Waals surface area contributed by atoms with Crippen LogP contribution in [0.5, 0.6) is 0 Å². The zero-order valence-corrected chi connectivity index (χ0v) is 11.9. The van der Waals surface area contributed by atoms with Gasteiger partial charge < -0.3 is 9.84 Å². The molecule has 2 unspecified atom stereocenters. The van der Waals surface area contributed by atoms with Crippen LogP contribution in [0.1, 0.15) is 48.8 Å². The summed E-state index contributed by atoms with van der Waals surface area (Å²) in [6.07, 6.45) is 4.36. The highest BCUT2D eigenvalue weighted by atomic mass is 32.1. The Kier molecular flexibility index (Phi) is 3.94. The summed E-state index contributed by atoms with van der Waals surface area (Å²) in [5.41, 5.74) is 0. The third-order valence-corrected chi connectivity index (χ3v) is 4.66. The van der Waals surface area contributed by atoms with Crippen LogP contribution in [0, 0.1) is 5.92 Å². The molecule has 2 atom stereocenters. The van der Waals surface area contributed by atoms with E-state index in [0.717, 1.165) is 37.0 Å². The van der Waals surface area contributed by atoms with Gasteiger partial charge in [-0.25, -0.2) is 0 Å². The molecule has 3 rings (SSSR count). The van der Waals surface area contributed by atoms with Crippen molar-refractivity contribution in [2.75, 3.05) is 6.54 Å². The number of hydrogen-bond acceptors (Lipinski definition) is 5. The second-order valence-electron chi connectivity index (χ2n) is 5.11. The van der Waals surface area contributed by atoms with E-state index in [9.17, 15) is 0 Å². The van der Waals surface area contributed by atoms with E-state index < -0.39 is 0 Å². The van der Waals surface area contributed by atoms with E-state index >= 15 is 0 Å². The minimum Gasteiger partial charge on any atom is -0.338 e. The largest absolute Gasteiger partial charge is 0.338 e. The highest BCUT2D eigenvalue weighted by Crippen LogP contribution is 2.28. The number of hydrogen-bond donors (Lipinski definition) is 1. The van der Waals surface area contributed by atoms with Crippen molar-refractivity contribution in [2.45, 2.75) is 38.6 Å². The minimum atomic E-state index is 0.239. The Bertz CT molecular complexity index is 509. The van der Waals surface area contributed by atoms with Crippen LogP contribution in [0.15, 0.2) is 22.0 Å². The average molecular weight is 277 g/mol. The molecule has 1 N–H and O–H groups in total. The molecule has 2 aromatic heterocycles. The molecule has 0 aliphatic carbocycles. The average Bonchev–Trinajstić information content (AvgIpc) is 3.11. The third kappa shape index (κ3) is 3.04. The van der Waals surface area contributed by atoms with Crippen molar-refractivity contribution < 1.29 is 4.52 Å². The van der Waals surface area contributed by atoms with Gasteiger partial charge in [0.1, 0.15) is 0 Å². The molecule has 4 nitrogen and oxygen atoms in total. The Morgan fingerprint density at radius 1 is 1.53 bits per heavy atom. The number of nitrogens with one attached hydrogen (secondary N) is 1. The molecule has 19 heavy (non-hydrogen) atoms. The summed E-state index contributed by atoms with van der Waals surface area (Å²) >= 11 is 1.73. The highest BCUT2D eigenvalue weighted by molar-refractivity contribution is 7.09. The highest BCUT2D eigenvalue weighted by Gasteiger charge is 2.26. The smallest absolute Gasteiger partial charge is 0.243 e. The van der Waals surface area contributed by atoms with Crippen molar-refractivity contribution >= 4 is 11.3 Å². The molecule has 0 amide bonds. The van der Waals surface area contributed by atoms with Crippen molar-refractivity contribution in [3.63, 3.8) is 0 Å². The van der Waals surface area contributed by atoms with Gasteiger partial charge in [0.25, 0.3) is 0 Å². The normalized spacial score (nSPS) is 23.6. The summed E-state index contributed by atoms with van der Waals surface area (Å²) in [4.78, 5) is 5.82. The maximum Gasteiger partial charge on any atom is 0.243 e. The summed E-state index contributed by atoms with van der Waals surface area (Å²) in [7, 11) is 0. The van der Waals surface area contributed by atoms with E-state index in [0.29, 0.717) is 0 Å². The third-order valence-electron chi connectivity index (χ3n) is 3.78. The van der Waals surface area contributed by atoms with E-state index in [4.69, 9.17) is 4.52 Å². The van der Waals surface area contributed by atoms with Crippen molar-refractivity contribution in [3.8, 4) is 0 Å². The molecule has 1 fully saturated rings. The lowest BCUT2D eigenvalue weighted by molar-refractivity contribution is 0.245. The van der Waals surface area contributed by atoms with E-state index in [1.54, 1.807) is 11.3 Å². The van der Waals surface area contributed by atoms with Crippen LogP contribution in [0.3, 0.4) is 0 Å². The van der Waals surface area contributed by atoms with Gasteiger partial charge >= 0.3 is 0 Å². The molecular formula is C14H19N3OS. The Labute approximate surface area is 117 Å². The predicted molar refractivity (Wildman–Crippen MR) is 75.2 cm³/mol. The second-order valence-corrected chi connectivity index (χ2v) is 6.14. The maximum absolute atomic E-state index is 5.43. The molecule has 0 aromatic carbocycles. The monoisotopic (exact) mass is 277 g/mol. The zero-order chi connectivity index (χ0) is 13.1. The van der Waals surface area contributed by atoms with Gasteiger partial charge in [-0.2, -0.15) is 4.98 Å². The maximum atomic E-state index is 5.43. The van der Waals surface area contributed by atoms with Crippen LogP contribution in [0.25, 0.3) is 0 Å². The fourth-order valence-electron chi connectivity index (χ4n) is 2.60. The van der Waals surface area contributed by atoms with E-state index in [1.165, 1.54) is 17.7 Å². The molecule has 1 aliphatic rings. The molecule has 5 heteroatoms. The Balaban J connectivity index is 1.67. The van der Waals surface area contributed by atoms with Gasteiger partial charge in [-0.05, 0) is 36.8 Å². The van der Waals surface area contributed by atoms with Gasteiger partial charge in [-0.15, -0.1) is 11.3 Å². The summed E-state index contributed by atoms with van der Waals surface area (Å²) in [6, 6.07) is 4.39. The van der Waals surface area contributed by atoms with Gasteiger partial charge in [0, 0.05) is 11.3 Å². The quantitative estimate of drug-likeness (QED) is 0.932. The van der Waals surface area contributed by atoms with Crippen LogP contribution in [-0.2, 0) is 6.42 Å². The molecule has 0 bridgehead atoms. The number of nitrogens with zero attached hydrogens (tertiary/aromatic N) is 2. The summed E-state index contributed by atoms with van der Waals surface area (Å²) in [5, 5.41) is 9.65. The predicted octanol–water partition coefficient (Wildman–Crippen LogP) is 3.17. The van der Waals surface area contributed by atoms with Crippen LogP contribution in [0.4, 0.5) is 0 Å². The Hall–Kier alpha value is -1.20. The standard InChI is InChI=1S/C14H19N3OS/c1-2-10-5-6-15-12(8-10)14-16-13(17-18-14)9-11-4-3-7-19-11/h3-4,7,10,12,15H,2,5-6,8-9H2,1H3. The van der Waals surface area contributed by atoms with E-state index in [1.807, 2.05) is 0 Å². The minimum absolute atomic E-state index is 0.239. The molecule has 0 radical (unpaired) electrons. The number of thiophene rings is 1. The first-order valence-electron chi connectivity index (χ1n) is 6.93. The second kappa shape index (κ2) is 5.84. The summed E-state index contributed by atoms with van der Waals surface area (Å²) in [5.74, 6) is 2.32. The first kappa shape index (κ1) is 12.8.